The van der Waals surface area contributed by atoms with E-state index < -0.39 is 0 Å². The Morgan fingerprint density at radius 1 is 1.40 bits per heavy atom. The number of anilines is 1. The summed E-state index contributed by atoms with van der Waals surface area (Å²) in [5, 5.41) is 12.1. The molecule has 0 aliphatic carbocycles. The summed E-state index contributed by atoms with van der Waals surface area (Å²) in [4.78, 5) is 13.4. The number of aliphatic hydroxyl groups excluding tert-OH is 1. The molecule has 20 heavy (non-hydrogen) atoms. The second-order valence-electron chi connectivity index (χ2n) is 4.04. The van der Waals surface area contributed by atoms with Crippen molar-refractivity contribution in [1.82, 2.24) is 0 Å². The fourth-order valence-electron chi connectivity index (χ4n) is 1.60. The van der Waals surface area contributed by atoms with E-state index in [0.29, 0.717) is 9.90 Å². The smallest absolute Gasteiger partial charge is 0.265 e. The minimum absolute atomic E-state index is 0.183. The maximum atomic E-state index is 12.1. The lowest BCUT2D eigenvalue weighted by molar-refractivity contribution is 0.103. The Bertz CT molecular complexity index is 697. The molecule has 1 aromatic heterocycles. The first-order chi connectivity index (χ1) is 9.60. The Hall–Kier alpha value is -1.80. The van der Waals surface area contributed by atoms with Crippen LogP contribution in [0.4, 0.5) is 5.69 Å². The van der Waals surface area contributed by atoms with E-state index in [1.807, 2.05) is 6.92 Å². The molecular weight excluding hydrogens is 294 g/mol. The molecule has 1 aromatic carbocycles. The largest absolute Gasteiger partial charge is 0.384 e. The molecule has 102 valence electrons. The van der Waals surface area contributed by atoms with Crippen LogP contribution in [0.5, 0.6) is 0 Å². The van der Waals surface area contributed by atoms with Crippen molar-refractivity contribution in [2.24, 2.45) is 0 Å². The predicted octanol–water partition coefficient (Wildman–Crippen LogP) is 3.31. The van der Waals surface area contributed by atoms with Gasteiger partial charge in [-0.1, -0.05) is 23.4 Å². The van der Waals surface area contributed by atoms with Crippen molar-refractivity contribution in [2.45, 2.75) is 6.92 Å². The average Bonchev–Trinajstić information content (AvgIpc) is 2.88. The molecule has 0 aliphatic rings. The Morgan fingerprint density at radius 3 is 2.90 bits per heavy atom. The van der Waals surface area contributed by atoms with Gasteiger partial charge in [0.05, 0.1) is 9.75 Å². The normalized spacial score (nSPS) is 9.75. The van der Waals surface area contributed by atoms with E-state index in [-0.39, 0.29) is 12.5 Å². The zero-order valence-corrected chi connectivity index (χ0v) is 12.3. The van der Waals surface area contributed by atoms with Crippen LogP contribution in [0.2, 0.25) is 5.02 Å². The van der Waals surface area contributed by atoms with Crippen LogP contribution in [0.25, 0.3) is 0 Å². The minimum atomic E-state index is -0.191. The van der Waals surface area contributed by atoms with E-state index in [1.54, 1.807) is 30.3 Å². The lowest BCUT2D eigenvalue weighted by Crippen LogP contribution is -2.10. The standard InChI is InChI=1S/C15H12ClNO2S/c1-10-9-11(16)4-6-13(10)17-15(19)14-7-5-12(20-14)3-2-8-18/h4-7,9,18H,8H2,1H3,(H,17,19). The number of hydrogen-bond acceptors (Lipinski definition) is 3. The average molecular weight is 306 g/mol. The number of amides is 1. The van der Waals surface area contributed by atoms with Gasteiger partial charge in [0.15, 0.2) is 0 Å². The van der Waals surface area contributed by atoms with Crippen LogP contribution < -0.4 is 5.32 Å². The lowest BCUT2D eigenvalue weighted by Gasteiger charge is -2.07. The third-order valence-corrected chi connectivity index (χ3v) is 3.79. The molecule has 0 spiro atoms. The summed E-state index contributed by atoms with van der Waals surface area (Å²) < 4.78 is 0. The van der Waals surface area contributed by atoms with Gasteiger partial charge in [-0.05, 0) is 42.8 Å². The maximum absolute atomic E-state index is 12.1. The first kappa shape index (κ1) is 14.6. The van der Waals surface area contributed by atoms with Crippen LogP contribution in [0.15, 0.2) is 30.3 Å². The van der Waals surface area contributed by atoms with Crippen molar-refractivity contribution >= 4 is 34.5 Å². The summed E-state index contributed by atoms with van der Waals surface area (Å²) in [7, 11) is 0. The quantitative estimate of drug-likeness (QED) is 0.836. The molecular formula is C15H12ClNO2S. The number of aryl methyl sites for hydroxylation is 1. The van der Waals surface area contributed by atoms with Crippen molar-refractivity contribution < 1.29 is 9.90 Å². The highest BCUT2D eigenvalue weighted by atomic mass is 35.5. The molecule has 3 nitrogen and oxygen atoms in total. The number of rotatable bonds is 2. The number of halogens is 1. The van der Waals surface area contributed by atoms with Crippen molar-refractivity contribution in [1.29, 1.82) is 0 Å². The van der Waals surface area contributed by atoms with Gasteiger partial charge in [-0.2, -0.15) is 0 Å². The number of carbonyl (C=O) groups is 1. The molecule has 0 saturated carbocycles. The van der Waals surface area contributed by atoms with Crippen molar-refractivity contribution in [3.63, 3.8) is 0 Å². The van der Waals surface area contributed by atoms with Gasteiger partial charge in [0, 0.05) is 10.7 Å². The maximum Gasteiger partial charge on any atom is 0.265 e. The Balaban J connectivity index is 2.13. The second-order valence-corrected chi connectivity index (χ2v) is 5.56. The summed E-state index contributed by atoms with van der Waals surface area (Å²) >= 11 is 7.16. The van der Waals surface area contributed by atoms with E-state index in [4.69, 9.17) is 16.7 Å². The number of benzene rings is 1. The third-order valence-electron chi connectivity index (χ3n) is 2.56. The predicted molar refractivity (Wildman–Crippen MR) is 82.4 cm³/mol. The Kier molecular flexibility index (Phi) is 4.80. The van der Waals surface area contributed by atoms with Crippen molar-refractivity contribution in [2.75, 3.05) is 11.9 Å². The van der Waals surface area contributed by atoms with Gasteiger partial charge in [0.25, 0.3) is 5.91 Å². The highest BCUT2D eigenvalue weighted by Crippen LogP contribution is 2.22. The topological polar surface area (TPSA) is 49.3 Å². The highest BCUT2D eigenvalue weighted by Gasteiger charge is 2.10. The van der Waals surface area contributed by atoms with Gasteiger partial charge in [0.1, 0.15) is 6.61 Å². The number of carbonyl (C=O) groups excluding carboxylic acids is 1. The zero-order valence-electron chi connectivity index (χ0n) is 10.7. The van der Waals surface area contributed by atoms with Gasteiger partial charge in [-0.3, -0.25) is 4.79 Å². The molecule has 0 radical (unpaired) electrons. The van der Waals surface area contributed by atoms with Crippen LogP contribution in [-0.2, 0) is 0 Å². The molecule has 0 unspecified atom stereocenters. The lowest BCUT2D eigenvalue weighted by atomic mass is 10.2. The second kappa shape index (κ2) is 6.58. The molecule has 2 N–H and O–H groups in total. The summed E-state index contributed by atoms with van der Waals surface area (Å²) in [6, 6.07) is 8.78. The molecule has 0 atom stereocenters. The molecule has 0 saturated heterocycles. The minimum Gasteiger partial charge on any atom is -0.384 e. The van der Waals surface area contributed by atoms with E-state index >= 15 is 0 Å². The first-order valence-corrected chi connectivity index (χ1v) is 7.06. The van der Waals surface area contributed by atoms with Crippen LogP contribution in [0.1, 0.15) is 20.1 Å². The molecule has 1 heterocycles. The van der Waals surface area contributed by atoms with E-state index in [9.17, 15) is 4.79 Å². The van der Waals surface area contributed by atoms with Crippen LogP contribution in [-0.4, -0.2) is 17.6 Å². The highest BCUT2D eigenvalue weighted by molar-refractivity contribution is 7.14. The molecule has 2 rings (SSSR count). The third kappa shape index (κ3) is 3.61. The molecule has 1 amide bonds. The molecule has 2 aromatic rings. The summed E-state index contributed by atoms with van der Waals surface area (Å²) in [6.07, 6.45) is 0. The summed E-state index contributed by atoms with van der Waals surface area (Å²) in [5.74, 6) is 5.14. The number of nitrogens with one attached hydrogen (secondary N) is 1. The Labute approximate surface area is 126 Å². The van der Waals surface area contributed by atoms with E-state index in [2.05, 4.69) is 17.2 Å². The number of hydrogen-bond donors (Lipinski definition) is 2. The van der Waals surface area contributed by atoms with Crippen molar-refractivity contribution in [3.05, 3.63) is 50.7 Å². The monoisotopic (exact) mass is 305 g/mol. The molecule has 0 aliphatic heterocycles. The van der Waals surface area contributed by atoms with Crippen LogP contribution >= 0.6 is 22.9 Å². The number of aliphatic hydroxyl groups is 1. The van der Waals surface area contributed by atoms with E-state index in [1.165, 1.54) is 11.3 Å². The van der Waals surface area contributed by atoms with Gasteiger partial charge < -0.3 is 10.4 Å². The molecule has 0 fully saturated rings. The summed E-state index contributed by atoms with van der Waals surface area (Å²) in [6.45, 7) is 1.69. The van der Waals surface area contributed by atoms with E-state index in [0.717, 1.165) is 16.1 Å². The summed E-state index contributed by atoms with van der Waals surface area (Å²) in [5.41, 5.74) is 1.64. The van der Waals surface area contributed by atoms with Gasteiger partial charge in [-0.15, -0.1) is 11.3 Å². The van der Waals surface area contributed by atoms with Crippen LogP contribution in [0, 0.1) is 18.8 Å². The van der Waals surface area contributed by atoms with Gasteiger partial charge in [0.2, 0.25) is 0 Å². The zero-order chi connectivity index (χ0) is 14.5. The van der Waals surface area contributed by atoms with Crippen LogP contribution in [0.3, 0.4) is 0 Å². The molecule has 0 bridgehead atoms. The Morgan fingerprint density at radius 2 is 2.20 bits per heavy atom. The van der Waals surface area contributed by atoms with Gasteiger partial charge >= 0.3 is 0 Å². The first-order valence-electron chi connectivity index (χ1n) is 5.87. The van der Waals surface area contributed by atoms with Crippen molar-refractivity contribution in [3.8, 4) is 11.8 Å². The fourth-order valence-corrected chi connectivity index (χ4v) is 2.61. The molecule has 5 heteroatoms. The fraction of sp³-hybridized carbons (Fsp3) is 0.133. The van der Waals surface area contributed by atoms with Gasteiger partial charge in [-0.25, -0.2) is 0 Å². The number of thiophene rings is 1. The SMILES string of the molecule is Cc1cc(Cl)ccc1NC(=O)c1ccc(C#CCO)s1.